The molecular weight excluding hydrogens is 352 g/mol. The zero-order valence-corrected chi connectivity index (χ0v) is 17.2. The van der Waals surface area contributed by atoms with Crippen molar-refractivity contribution in [3.8, 4) is 0 Å². The van der Waals surface area contributed by atoms with E-state index in [1.54, 1.807) is 0 Å². The minimum Gasteiger partial charge on any atom is -0.462 e. The normalized spacial score (nSPS) is 23.8. The van der Waals surface area contributed by atoms with E-state index in [2.05, 4.69) is 31.4 Å². The van der Waals surface area contributed by atoms with E-state index in [4.69, 9.17) is 14.2 Å². The van der Waals surface area contributed by atoms with Crippen molar-refractivity contribution >= 4 is 18.2 Å². The average Bonchev–Trinajstić information content (AvgIpc) is 2.55. The number of carbonyl (C=O) groups excluding carboxylic acids is 3. The van der Waals surface area contributed by atoms with Crippen molar-refractivity contribution in [3.63, 3.8) is 0 Å². The van der Waals surface area contributed by atoms with E-state index < -0.39 is 12.2 Å². The molecule has 0 aliphatic heterocycles. The fraction of sp³-hybridized carbons (Fsp3) is 0.842. The van der Waals surface area contributed by atoms with Crippen LogP contribution >= 0.6 is 0 Å². The van der Waals surface area contributed by atoms with Crippen molar-refractivity contribution in [1.29, 1.82) is 0 Å². The molecule has 2 N–H and O–H groups in total. The molecule has 2 amide bonds. The molecule has 2 atom stereocenters. The summed E-state index contributed by atoms with van der Waals surface area (Å²) < 4.78 is 14.7. The first kappa shape index (κ1) is 23.0. The summed E-state index contributed by atoms with van der Waals surface area (Å²) in [4.78, 5) is 34.7. The topological polar surface area (TPSA) is 103 Å². The van der Waals surface area contributed by atoms with Crippen LogP contribution in [-0.4, -0.2) is 51.1 Å². The predicted molar refractivity (Wildman–Crippen MR) is 100 cm³/mol. The highest BCUT2D eigenvalue weighted by atomic mass is 16.6. The van der Waals surface area contributed by atoms with E-state index in [0.717, 1.165) is 25.7 Å². The minimum absolute atomic E-state index is 0.0120. The molecule has 8 nitrogen and oxygen atoms in total. The van der Waals surface area contributed by atoms with E-state index in [1.165, 1.54) is 7.11 Å². The molecule has 1 aliphatic carbocycles. The second kappa shape index (κ2) is 10.4. The monoisotopic (exact) mass is 386 g/mol. The third-order valence-electron chi connectivity index (χ3n) is 4.64. The quantitative estimate of drug-likeness (QED) is 0.378. The molecular formula is C19H34N2O6. The SMILES string of the molecule is CCCC(=O)OCCOC(=O)NCC1(C)CC(NC(=O)OC)CC(C)(C)C1. The van der Waals surface area contributed by atoms with Gasteiger partial charge < -0.3 is 24.8 Å². The Bertz CT molecular complexity index is 522. The van der Waals surface area contributed by atoms with Crippen LogP contribution in [0.15, 0.2) is 0 Å². The molecule has 156 valence electrons. The summed E-state index contributed by atoms with van der Waals surface area (Å²) in [5.41, 5.74) is -0.155. The van der Waals surface area contributed by atoms with E-state index >= 15 is 0 Å². The van der Waals surface area contributed by atoms with Crippen LogP contribution in [0.25, 0.3) is 0 Å². The molecule has 0 spiro atoms. The molecule has 0 bridgehead atoms. The largest absolute Gasteiger partial charge is 0.462 e. The number of hydrogen-bond acceptors (Lipinski definition) is 6. The van der Waals surface area contributed by atoms with Gasteiger partial charge in [-0.1, -0.05) is 27.7 Å². The highest BCUT2D eigenvalue weighted by Gasteiger charge is 2.42. The van der Waals surface area contributed by atoms with Crippen molar-refractivity contribution in [2.24, 2.45) is 10.8 Å². The summed E-state index contributed by atoms with van der Waals surface area (Å²) >= 11 is 0. The van der Waals surface area contributed by atoms with Gasteiger partial charge >= 0.3 is 18.2 Å². The lowest BCUT2D eigenvalue weighted by atomic mass is 9.62. The molecule has 8 heteroatoms. The van der Waals surface area contributed by atoms with Crippen molar-refractivity contribution in [2.75, 3.05) is 26.9 Å². The lowest BCUT2D eigenvalue weighted by molar-refractivity contribution is -0.144. The van der Waals surface area contributed by atoms with Gasteiger partial charge in [0.05, 0.1) is 7.11 Å². The molecule has 0 radical (unpaired) electrons. The van der Waals surface area contributed by atoms with E-state index in [9.17, 15) is 14.4 Å². The molecule has 0 aromatic carbocycles. The first-order valence-electron chi connectivity index (χ1n) is 9.50. The number of alkyl carbamates (subject to hydrolysis) is 2. The smallest absolute Gasteiger partial charge is 0.407 e. The van der Waals surface area contributed by atoms with Crippen molar-refractivity contribution in [3.05, 3.63) is 0 Å². The second-order valence-electron chi connectivity index (χ2n) is 8.35. The Hall–Kier alpha value is -1.99. The Labute approximate surface area is 161 Å². The van der Waals surface area contributed by atoms with Gasteiger partial charge in [-0.15, -0.1) is 0 Å². The zero-order valence-electron chi connectivity index (χ0n) is 17.2. The average molecular weight is 386 g/mol. The maximum absolute atomic E-state index is 11.9. The maximum Gasteiger partial charge on any atom is 0.407 e. The first-order valence-corrected chi connectivity index (χ1v) is 9.50. The van der Waals surface area contributed by atoms with Crippen molar-refractivity contribution in [2.45, 2.75) is 65.8 Å². The highest BCUT2D eigenvalue weighted by molar-refractivity contribution is 5.69. The number of nitrogens with one attached hydrogen (secondary N) is 2. The first-order chi connectivity index (χ1) is 12.6. The van der Waals surface area contributed by atoms with E-state index in [0.29, 0.717) is 13.0 Å². The van der Waals surface area contributed by atoms with Crippen LogP contribution in [-0.2, 0) is 19.0 Å². The van der Waals surface area contributed by atoms with Gasteiger partial charge in [-0.05, 0) is 36.5 Å². The molecule has 0 aromatic heterocycles. The number of methoxy groups -OCH3 is 1. The number of carbonyl (C=O) groups is 3. The molecule has 0 aromatic rings. The molecule has 2 unspecified atom stereocenters. The van der Waals surface area contributed by atoms with Crippen LogP contribution in [0.2, 0.25) is 0 Å². The number of rotatable bonds is 8. The van der Waals surface area contributed by atoms with E-state index in [-0.39, 0.29) is 36.1 Å². The molecule has 1 fully saturated rings. The van der Waals surface area contributed by atoms with Crippen LogP contribution in [0.4, 0.5) is 9.59 Å². The Morgan fingerprint density at radius 1 is 1.04 bits per heavy atom. The Morgan fingerprint density at radius 3 is 2.33 bits per heavy atom. The predicted octanol–water partition coefficient (Wildman–Crippen LogP) is 3.00. The summed E-state index contributed by atoms with van der Waals surface area (Å²) in [7, 11) is 1.35. The molecule has 1 aliphatic rings. The minimum atomic E-state index is -0.538. The lowest BCUT2D eigenvalue weighted by Gasteiger charge is -2.46. The Kier molecular flexibility index (Phi) is 8.85. The fourth-order valence-corrected chi connectivity index (χ4v) is 4.00. The van der Waals surface area contributed by atoms with Crippen LogP contribution < -0.4 is 10.6 Å². The van der Waals surface area contributed by atoms with E-state index in [1.807, 2.05) is 6.92 Å². The Morgan fingerprint density at radius 2 is 1.70 bits per heavy atom. The van der Waals surface area contributed by atoms with Crippen molar-refractivity contribution < 1.29 is 28.6 Å². The van der Waals surface area contributed by atoms with Gasteiger partial charge in [-0.25, -0.2) is 9.59 Å². The fourth-order valence-electron chi connectivity index (χ4n) is 4.00. The summed E-state index contributed by atoms with van der Waals surface area (Å²) in [5.74, 6) is -0.289. The van der Waals surface area contributed by atoms with Crippen LogP contribution in [0.1, 0.15) is 59.8 Å². The van der Waals surface area contributed by atoms with Crippen molar-refractivity contribution in [1.82, 2.24) is 10.6 Å². The van der Waals surface area contributed by atoms with Gasteiger partial charge in [0.2, 0.25) is 0 Å². The van der Waals surface area contributed by atoms with Gasteiger partial charge in [-0.3, -0.25) is 4.79 Å². The lowest BCUT2D eigenvalue weighted by Crippen LogP contribution is -2.50. The number of esters is 1. The summed E-state index contributed by atoms with van der Waals surface area (Å²) in [6, 6.07) is -0.0120. The summed E-state index contributed by atoms with van der Waals surface area (Å²) in [6.45, 7) is 8.80. The van der Waals surface area contributed by atoms with Gasteiger partial charge in [0, 0.05) is 19.0 Å². The molecule has 0 saturated heterocycles. The number of ether oxygens (including phenoxy) is 3. The van der Waals surface area contributed by atoms with Crippen LogP contribution in [0.5, 0.6) is 0 Å². The second-order valence-corrected chi connectivity index (χ2v) is 8.35. The van der Waals surface area contributed by atoms with Crippen LogP contribution in [0.3, 0.4) is 0 Å². The van der Waals surface area contributed by atoms with Gasteiger partial charge in [0.15, 0.2) is 0 Å². The Balaban J connectivity index is 2.42. The number of hydrogen-bond donors (Lipinski definition) is 2. The van der Waals surface area contributed by atoms with Gasteiger partial charge in [-0.2, -0.15) is 0 Å². The third kappa shape index (κ3) is 8.97. The van der Waals surface area contributed by atoms with Gasteiger partial charge in [0.25, 0.3) is 0 Å². The molecule has 0 heterocycles. The van der Waals surface area contributed by atoms with Gasteiger partial charge in [0.1, 0.15) is 13.2 Å². The highest BCUT2D eigenvalue weighted by Crippen LogP contribution is 2.45. The zero-order chi connectivity index (χ0) is 20.5. The molecule has 27 heavy (non-hydrogen) atoms. The molecule has 1 saturated carbocycles. The summed E-state index contributed by atoms with van der Waals surface area (Å²) in [6.07, 6.45) is 2.61. The number of amides is 2. The van der Waals surface area contributed by atoms with Crippen LogP contribution in [0, 0.1) is 10.8 Å². The third-order valence-corrected chi connectivity index (χ3v) is 4.64. The standard InChI is InChI=1S/C19H34N2O6/c1-6-7-15(22)26-8-9-27-16(23)20-13-19(4)11-14(21-17(24)25-5)10-18(2,3)12-19/h14H,6-13H2,1-5H3,(H,20,23)(H,21,24). The maximum atomic E-state index is 11.9. The molecule has 1 rings (SSSR count). The summed E-state index contributed by atoms with van der Waals surface area (Å²) in [5, 5.41) is 5.66.